The van der Waals surface area contributed by atoms with E-state index in [4.69, 9.17) is 0 Å². The van der Waals surface area contributed by atoms with Crippen molar-refractivity contribution in [2.45, 2.75) is 6.54 Å². The Hall–Kier alpha value is -1.01. The fraction of sp³-hybridized carbons (Fsp3) is 0.0909. The van der Waals surface area contributed by atoms with Gasteiger partial charge in [-0.05, 0) is 39.7 Å². The van der Waals surface area contributed by atoms with Crippen molar-refractivity contribution in [1.29, 1.82) is 0 Å². The maximum absolute atomic E-state index is 13.1. The van der Waals surface area contributed by atoms with Crippen LogP contribution in [0.15, 0.2) is 39.7 Å². The van der Waals surface area contributed by atoms with E-state index in [0.29, 0.717) is 12.4 Å². The van der Waals surface area contributed by atoms with Crippen LogP contribution in [0.25, 0.3) is 0 Å². The largest absolute Gasteiger partial charge is 0.365 e. The normalized spacial score (nSPS) is 10.3. The van der Waals surface area contributed by atoms with Crippen molar-refractivity contribution in [1.82, 2.24) is 9.97 Å². The molecule has 0 amide bonds. The second-order valence-electron chi connectivity index (χ2n) is 3.31. The number of hydrogen-bond donors (Lipinski definition) is 1. The highest BCUT2D eigenvalue weighted by atomic mass is 79.9. The Bertz CT molecular complexity index is 534. The molecule has 0 spiro atoms. The Balaban J connectivity index is 2.12. The van der Waals surface area contributed by atoms with Gasteiger partial charge in [0.05, 0.1) is 4.47 Å². The van der Waals surface area contributed by atoms with Gasteiger partial charge >= 0.3 is 0 Å². The Labute approximate surface area is 115 Å². The zero-order valence-electron chi connectivity index (χ0n) is 8.62. The number of anilines is 1. The third kappa shape index (κ3) is 3.23. The van der Waals surface area contributed by atoms with Gasteiger partial charge in [-0.1, -0.05) is 15.9 Å². The minimum Gasteiger partial charge on any atom is -0.365 e. The molecule has 88 valence electrons. The summed E-state index contributed by atoms with van der Waals surface area (Å²) in [5.41, 5.74) is 0.829. The first-order valence-corrected chi connectivity index (χ1v) is 6.38. The Morgan fingerprint density at radius 1 is 1.24 bits per heavy atom. The number of nitrogens with zero attached hydrogens (tertiary/aromatic N) is 2. The van der Waals surface area contributed by atoms with Gasteiger partial charge in [-0.15, -0.1) is 0 Å². The number of nitrogens with one attached hydrogen (secondary N) is 1. The summed E-state index contributed by atoms with van der Waals surface area (Å²) in [5, 5.41) is 3.10. The molecule has 1 aromatic carbocycles. The average molecular weight is 361 g/mol. The number of aromatic nitrogens is 2. The molecule has 0 fully saturated rings. The third-order valence-electron chi connectivity index (χ3n) is 2.12. The van der Waals surface area contributed by atoms with Crippen molar-refractivity contribution in [3.63, 3.8) is 0 Å². The summed E-state index contributed by atoms with van der Waals surface area (Å²) in [6, 6.07) is 4.57. The molecule has 1 N–H and O–H groups in total. The molecule has 0 aliphatic carbocycles. The maximum Gasteiger partial charge on any atom is 0.144 e. The fourth-order valence-corrected chi connectivity index (χ4v) is 2.05. The number of halogens is 3. The van der Waals surface area contributed by atoms with Crippen molar-refractivity contribution in [2.75, 3.05) is 5.32 Å². The average Bonchev–Trinajstić information content (AvgIpc) is 2.32. The molecule has 1 heterocycles. The van der Waals surface area contributed by atoms with E-state index in [-0.39, 0.29) is 5.82 Å². The van der Waals surface area contributed by atoms with Gasteiger partial charge in [-0.25, -0.2) is 14.4 Å². The Morgan fingerprint density at radius 2 is 2.06 bits per heavy atom. The summed E-state index contributed by atoms with van der Waals surface area (Å²) >= 11 is 6.70. The lowest BCUT2D eigenvalue weighted by atomic mass is 10.2. The molecule has 6 heteroatoms. The van der Waals surface area contributed by atoms with Crippen LogP contribution in [-0.4, -0.2) is 9.97 Å². The topological polar surface area (TPSA) is 37.8 Å². The van der Waals surface area contributed by atoms with Crippen LogP contribution in [0.3, 0.4) is 0 Å². The smallest absolute Gasteiger partial charge is 0.144 e. The maximum atomic E-state index is 13.1. The van der Waals surface area contributed by atoms with Gasteiger partial charge in [-0.2, -0.15) is 0 Å². The quantitative estimate of drug-likeness (QED) is 0.905. The zero-order valence-corrected chi connectivity index (χ0v) is 11.8. The summed E-state index contributed by atoms with van der Waals surface area (Å²) in [6.07, 6.45) is 3.10. The molecule has 0 aliphatic heterocycles. The number of rotatable bonds is 3. The molecule has 1 aromatic heterocycles. The van der Waals surface area contributed by atoms with E-state index in [1.165, 1.54) is 18.5 Å². The molecule has 2 aromatic rings. The van der Waals surface area contributed by atoms with Crippen molar-refractivity contribution in [3.05, 3.63) is 51.0 Å². The van der Waals surface area contributed by atoms with Crippen LogP contribution in [0.1, 0.15) is 5.56 Å². The molecule has 0 unspecified atom stereocenters. The van der Waals surface area contributed by atoms with E-state index in [1.54, 1.807) is 12.3 Å². The van der Waals surface area contributed by atoms with Gasteiger partial charge in [0.25, 0.3) is 0 Å². The molecular formula is C11H8Br2FN3. The molecule has 0 atom stereocenters. The predicted molar refractivity (Wildman–Crippen MR) is 71.2 cm³/mol. The summed E-state index contributed by atoms with van der Waals surface area (Å²) in [6.45, 7) is 0.480. The van der Waals surface area contributed by atoms with Crippen LogP contribution < -0.4 is 5.32 Å². The van der Waals surface area contributed by atoms with E-state index < -0.39 is 0 Å². The predicted octanol–water partition coefficient (Wildman–Crippen LogP) is 3.75. The van der Waals surface area contributed by atoms with Gasteiger partial charge < -0.3 is 5.32 Å². The molecular weight excluding hydrogens is 353 g/mol. The Morgan fingerprint density at radius 3 is 2.82 bits per heavy atom. The lowest BCUT2D eigenvalue weighted by Crippen LogP contribution is -2.03. The standard InChI is InChI=1S/C11H8Br2FN3/c12-9-2-1-8(14)3-7(9)4-16-11-10(13)5-15-6-17-11/h1-3,5-6H,4H2,(H,15,16,17). The lowest BCUT2D eigenvalue weighted by Gasteiger charge is -2.08. The van der Waals surface area contributed by atoms with Gasteiger partial charge in [0, 0.05) is 17.2 Å². The summed E-state index contributed by atoms with van der Waals surface area (Å²) < 4.78 is 14.7. The van der Waals surface area contributed by atoms with E-state index >= 15 is 0 Å². The molecule has 0 radical (unpaired) electrons. The first-order valence-electron chi connectivity index (χ1n) is 4.80. The number of benzene rings is 1. The van der Waals surface area contributed by atoms with Gasteiger partial charge in [-0.3, -0.25) is 0 Å². The van der Waals surface area contributed by atoms with Crippen molar-refractivity contribution in [2.24, 2.45) is 0 Å². The van der Waals surface area contributed by atoms with Gasteiger partial charge in [0.1, 0.15) is 18.0 Å². The van der Waals surface area contributed by atoms with Crippen LogP contribution in [0.4, 0.5) is 10.2 Å². The van der Waals surface area contributed by atoms with E-state index in [9.17, 15) is 4.39 Å². The Kier molecular flexibility index (Phi) is 4.06. The first-order chi connectivity index (χ1) is 8.16. The van der Waals surface area contributed by atoms with Gasteiger partial charge in [0.2, 0.25) is 0 Å². The molecule has 0 saturated heterocycles. The second-order valence-corrected chi connectivity index (χ2v) is 5.02. The molecule has 0 saturated carbocycles. The SMILES string of the molecule is Fc1ccc(Br)c(CNc2ncncc2Br)c1. The third-order valence-corrected chi connectivity index (χ3v) is 3.48. The van der Waals surface area contributed by atoms with E-state index in [0.717, 1.165) is 14.5 Å². The highest BCUT2D eigenvalue weighted by Crippen LogP contribution is 2.21. The molecule has 3 nitrogen and oxygen atoms in total. The highest BCUT2D eigenvalue weighted by Gasteiger charge is 2.04. The first kappa shape index (κ1) is 12.4. The minimum atomic E-state index is -0.258. The molecule has 0 aliphatic rings. The summed E-state index contributed by atoms with van der Waals surface area (Å²) in [7, 11) is 0. The summed E-state index contributed by atoms with van der Waals surface area (Å²) in [4.78, 5) is 7.93. The molecule has 2 rings (SSSR count). The molecule has 0 bridgehead atoms. The van der Waals surface area contributed by atoms with Crippen molar-refractivity contribution < 1.29 is 4.39 Å². The lowest BCUT2D eigenvalue weighted by molar-refractivity contribution is 0.625. The van der Waals surface area contributed by atoms with E-state index in [2.05, 4.69) is 47.1 Å². The monoisotopic (exact) mass is 359 g/mol. The van der Waals surface area contributed by atoms with Crippen LogP contribution >= 0.6 is 31.9 Å². The van der Waals surface area contributed by atoms with E-state index in [1.807, 2.05) is 0 Å². The van der Waals surface area contributed by atoms with Crippen molar-refractivity contribution >= 4 is 37.7 Å². The van der Waals surface area contributed by atoms with Crippen LogP contribution in [0, 0.1) is 5.82 Å². The second kappa shape index (κ2) is 5.55. The number of hydrogen-bond acceptors (Lipinski definition) is 3. The van der Waals surface area contributed by atoms with Crippen LogP contribution in [0.2, 0.25) is 0 Å². The van der Waals surface area contributed by atoms with Gasteiger partial charge in [0.15, 0.2) is 0 Å². The van der Waals surface area contributed by atoms with Crippen molar-refractivity contribution in [3.8, 4) is 0 Å². The zero-order chi connectivity index (χ0) is 12.3. The fourth-order valence-electron chi connectivity index (χ4n) is 1.30. The molecule has 17 heavy (non-hydrogen) atoms. The van der Waals surface area contributed by atoms with Crippen LogP contribution in [-0.2, 0) is 6.54 Å². The minimum absolute atomic E-state index is 0.258. The highest BCUT2D eigenvalue weighted by molar-refractivity contribution is 9.10. The van der Waals surface area contributed by atoms with Crippen LogP contribution in [0.5, 0.6) is 0 Å². The summed E-state index contributed by atoms with van der Waals surface area (Å²) in [5.74, 6) is 0.419.